The van der Waals surface area contributed by atoms with E-state index in [0.717, 1.165) is 77.1 Å². The Bertz CT molecular complexity index is 405. The lowest BCUT2D eigenvalue weighted by Crippen LogP contribution is -2.36. The van der Waals surface area contributed by atoms with Gasteiger partial charge >= 0.3 is 11.9 Å². The van der Waals surface area contributed by atoms with Crippen molar-refractivity contribution in [3.05, 3.63) is 12.2 Å². The van der Waals surface area contributed by atoms with Crippen LogP contribution >= 0.6 is 0 Å². The molecule has 0 aromatic heterocycles. The molecule has 0 spiro atoms. The first-order valence-corrected chi connectivity index (χ1v) is 9.43. The zero-order chi connectivity index (χ0) is 18.3. The van der Waals surface area contributed by atoms with E-state index in [9.17, 15) is 9.59 Å². The molecule has 0 aliphatic carbocycles. The topological polar surface area (TPSA) is 65.1 Å². The first kappa shape index (κ1) is 21.6. The lowest BCUT2D eigenvalue weighted by Gasteiger charge is -2.26. The number of carbonyl (C=O) groups excluding carboxylic acids is 2. The molecular weight excluding hydrogens is 322 g/mol. The molecule has 0 saturated carbocycles. The highest BCUT2D eigenvalue weighted by molar-refractivity contribution is 5.91. The lowest BCUT2D eigenvalue weighted by atomic mass is 10.1. The minimum absolute atomic E-state index is 0.326. The van der Waals surface area contributed by atoms with Gasteiger partial charge in [-0.2, -0.15) is 0 Å². The molecule has 6 heteroatoms. The van der Waals surface area contributed by atoms with Crippen LogP contribution in [0.1, 0.15) is 46.0 Å². The van der Waals surface area contributed by atoms with Crippen LogP contribution in [-0.4, -0.2) is 62.9 Å². The van der Waals surface area contributed by atoms with Crippen LogP contribution in [0.4, 0.5) is 0 Å². The zero-order valence-electron chi connectivity index (χ0n) is 15.7. The third kappa shape index (κ3) is 11.7. The molecule has 0 radical (unpaired) electrons. The van der Waals surface area contributed by atoms with Gasteiger partial charge in [0.1, 0.15) is 0 Å². The molecule has 0 aromatic rings. The van der Waals surface area contributed by atoms with Gasteiger partial charge in [-0.1, -0.05) is 33.1 Å². The largest absolute Gasteiger partial charge is 0.463 e. The van der Waals surface area contributed by atoms with Crippen molar-refractivity contribution < 1.29 is 23.8 Å². The highest BCUT2D eigenvalue weighted by atomic mass is 16.5. The molecule has 25 heavy (non-hydrogen) atoms. The number of nitrogens with zero attached hydrogens (tertiary/aromatic N) is 1. The molecule has 0 N–H and O–H groups in total. The lowest BCUT2D eigenvalue weighted by molar-refractivity contribution is -0.141. The summed E-state index contributed by atoms with van der Waals surface area (Å²) < 4.78 is 15.4. The van der Waals surface area contributed by atoms with E-state index in [0.29, 0.717) is 19.1 Å². The standard InChI is InChI=1S/C19H33NO5/c1-3-17(2)16-25-19(22)9-8-18(21)24-13-7-5-4-6-10-20-11-14-23-15-12-20/h8-9,17H,3-7,10-16H2,1-2H3/b9-8+. The van der Waals surface area contributed by atoms with Gasteiger partial charge in [0.15, 0.2) is 0 Å². The molecule has 1 rings (SSSR count). The predicted molar refractivity (Wildman–Crippen MR) is 96.2 cm³/mol. The van der Waals surface area contributed by atoms with Crippen LogP contribution in [0.25, 0.3) is 0 Å². The molecule has 1 unspecified atom stereocenters. The summed E-state index contributed by atoms with van der Waals surface area (Å²) in [5.41, 5.74) is 0. The van der Waals surface area contributed by atoms with E-state index in [1.807, 2.05) is 13.8 Å². The Labute approximate surface area is 151 Å². The molecule has 6 nitrogen and oxygen atoms in total. The van der Waals surface area contributed by atoms with Gasteiger partial charge in [-0.3, -0.25) is 4.90 Å². The van der Waals surface area contributed by atoms with E-state index in [-0.39, 0.29) is 0 Å². The predicted octanol–water partition coefficient (Wildman–Crippen LogP) is 2.57. The van der Waals surface area contributed by atoms with Crippen LogP contribution in [0.5, 0.6) is 0 Å². The van der Waals surface area contributed by atoms with E-state index < -0.39 is 11.9 Å². The fourth-order valence-corrected chi connectivity index (χ4v) is 2.36. The summed E-state index contributed by atoms with van der Waals surface area (Å²) in [5.74, 6) is -0.665. The second kappa shape index (κ2) is 13.8. The second-order valence-corrected chi connectivity index (χ2v) is 6.51. The van der Waals surface area contributed by atoms with Crippen LogP contribution < -0.4 is 0 Å². The fourth-order valence-electron chi connectivity index (χ4n) is 2.36. The molecular formula is C19H33NO5. The Balaban J connectivity index is 1.95. The van der Waals surface area contributed by atoms with Crippen molar-refractivity contribution in [1.82, 2.24) is 4.90 Å². The van der Waals surface area contributed by atoms with Gasteiger partial charge < -0.3 is 14.2 Å². The average molecular weight is 355 g/mol. The molecule has 0 aromatic carbocycles. The van der Waals surface area contributed by atoms with Crippen LogP contribution in [0.15, 0.2) is 12.2 Å². The highest BCUT2D eigenvalue weighted by Crippen LogP contribution is 2.05. The van der Waals surface area contributed by atoms with Crippen molar-refractivity contribution in [2.45, 2.75) is 46.0 Å². The Morgan fingerprint density at radius 2 is 1.68 bits per heavy atom. The molecule has 1 saturated heterocycles. The van der Waals surface area contributed by atoms with Gasteiger partial charge in [-0.05, 0) is 25.3 Å². The molecule has 144 valence electrons. The van der Waals surface area contributed by atoms with E-state index in [2.05, 4.69) is 4.90 Å². The van der Waals surface area contributed by atoms with Crippen molar-refractivity contribution in [3.8, 4) is 0 Å². The van der Waals surface area contributed by atoms with Crippen molar-refractivity contribution in [2.24, 2.45) is 5.92 Å². The Morgan fingerprint density at radius 3 is 2.36 bits per heavy atom. The van der Waals surface area contributed by atoms with Crippen molar-refractivity contribution in [2.75, 3.05) is 46.1 Å². The normalized spacial score (nSPS) is 16.7. The average Bonchev–Trinajstić information content (AvgIpc) is 2.64. The van der Waals surface area contributed by atoms with Crippen LogP contribution in [0.3, 0.4) is 0 Å². The van der Waals surface area contributed by atoms with Crippen molar-refractivity contribution >= 4 is 11.9 Å². The number of unbranched alkanes of at least 4 members (excludes halogenated alkanes) is 3. The number of rotatable bonds is 12. The third-order valence-corrected chi connectivity index (χ3v) is 4.28. The molecule has 1 heterocycles. The summed E-state index contributed by atoms with van der Waals surface area (Å²) in [6.07, 6.45) is 7.40. The number of carbonyl (C=O) groups is 2. The maximum absolute atomic E-state index is 11.5. The molecule has 1 aliphatic rings. The van der Waals surface area contributed by atoms with E-state index in [1.54, 1.807) is 0 Å². The first-order valence-electron chi connectivity index (χ1n) is 9.43. The molecule has 1 fully saturated rings. The molecule has 1 atom stereocenters. The van der Waals surface area contributed by atoms with Crippen LogP contribution in [0.2, 0.25) is 0 Å². The van der Waals surface area contributed by atoms with E-state index in [1.165, 1.54) is 0 Å². The minimum Gasteiger partial charge on any atom is -0.463 e. The summed E-state index contributed by atoms with van der Waals surface area (Å²) in [6.45, 7) is 9.67. The number of ether oxygens (including phenoxy) is 3. The highest BCUT2D eigenvalue weighted by Gasteiger charge is 2.09. The van der Waals surface area contributed by atoms with E-state index in [4.69, 9.17) is 14.2 Å². The second-order valence-electron chi connectivity index (χ2n) is 6.51. The SMILES string of the molecule is CCC(C)COC(=O)/C=C/C(=O)OCCCCCCN1CCOCC1. The number of hydrogen-bond donors (Lipinski definition) is 0. The minimum atomic E-state index is -0.500. The van der Waals surface area contributed by atoms with Crippen LogP contribution in [-0.2, 0) is 23.8 Å². The molecule has 0 bridgehead atoms. The third-order valence-electron chi connectivity index (χ3n) is 4.28. The number of morpholine rings is 1. The fraction of sp³-hybridized carbons (Fsp3) is 0.789. The monoisotopic (exact) mass is 355 g/mol. The van der Waals surface area contributed by atoms with Gasteiger partial charge in [0.2, 0.25) is 0 Å². The van der Waals surface area contributed by atoms with Gasteiger partial charge in [0.05, 0.1) is 26.4 Å². The maximum atomic E-state index is 11.5. The summed E-state index contributed by atoms with van der Waals surface area (Å²) in [4.78, 5) is 25.3. The van der Waals surface area contributed by atoms with Crippen molar-refractivity contribution in [3.63, 3.8) is 0 Å². The summed E-state index contributed by atoms with van der Waals surface area (Å²) >= 11 is 0. The van der Waals surface area contributed by atoms with Gasteiger partial charge in [0.25, 0.3) is 0 Å². The Hall–Kier alpha value is -1.40. The zero-order valence-corrected chi connectivity index (χ0v) is 15.7. The van der Waals surface area contributed by atoms with Crippen LogP contribution in [0, 0.1) is 5.92 Å². The first-order chi connectivity index (χ1) is 12.1. The quantitative estimate of drug-likeness (QED) is 0.305. The summed E-state index contributed by atoms with van der Waals surface area (Å²) in [7, 11) is 0. The smallest absolute Gasteiger partial charge is 0.331 e. The maximum Gasteiger partial charge on any atom is 0.331 e. The van der Waals surface area contributed by atoms with E-state index >= 15 is 0 Å². The Morgan fingerprint density at radius 1 is 1.04 bits per heavy atom. The van der Waals surface area contributed by atoms with Gasteiger partial charge in [0, 0.05) is 25.2 Å². The summed E-state index contributed by atoms with van der Waals surface area (Å²) in [6, 6.07) is 0. The molecule has 1 aliphatic heterocycles. The Kier molecular flexibility index (Phi) is 12.0. The summed E-state index contributed by atoms with van der Waals surface area (Å²) in [5, 5.41) is 0. The number of hydrogen-bond acceptors (Lipinski definition) is 6. The van der Waals surface area contributed by atoms with Gasteiger partial charge in [-0.15, -0.1) is 0 Å². The van der Waals surface area contributed by atoms with Gasteiger partial charge in [-0.25, -0.2) is 9.59 Å². The van der Waals surface area contributed by atoms with Crippen molar-refractivity contribution in [1.29, 1.82) is 0 Å². The molecule has 0 amide bonds. The number of esters is 2.